The first-order valence-corrected chi connectivity index (χ1v) is 6.47. The maximum absolute atomic E-state index is 12.0. The van der Waals surface area contributed by atoms with E-state index in [-0.39, 0.29) is 0 Å². The minimum absolute atomic E-state index is 0.301. The van der Waals surface area contributed by atoms with Crippen molar-refractivity contribution in [2.45, 2.75) is 19.9 Å². The number of hydrogen-bond acceptors (Lipinski definition) is 1. The Morgan fingerprint density at radius 1 is 1.05 bits per heavy atom. The summed E-state index contributed by atoms with van der Waals surface area (Å²) in [7, 11) is 0. The molecule has 0 aliphatic heterocycles. The van der Waals surface area contributed by atoms with E-state index in [1.165, 1.54) is 6.20 Å². The first-order valence-electron chi connectivity index (χ1n) is 6.47. The Morgan fingerprint density at radius 3 is 2.53 bits per heavy atom. The van der Waals surface area contributed by atoms with Crippen LogP contribution in [-0.4, -0.2) is 4.57 Å². The average molecular weight is 252 g/mol. The van der Waals surface area contributed by atoms with Crippen molar-refractivity contribution in [3.05, 3.63) is 59.9 Å². The first kappa shape index (κ1) is 11.8. The summed E-state index contributed by atoms with van der Waals surface area (Å²) < 4.78 is 3.13. The topological polar surface area (TPSA) is 31.9 Å². The van der Waals surface area contributed by atoms with Crippen molar-refractivity contribution >= 4 is 10.9 Å². The fourth-order valence-electron chi connectivity index (χ4n) is 2.56. The van der Waals surface area contributed by atoms with Crippen LogP contribution in [0.5, 0.6) is 0 Å². The Balaban J connectivity index is 2.35. The Kier molecular flexibility index (Phi) is 2.75. The van der Waals surface area contributed by atoms with Gasteiger partial charge in [-0.25, -0.2) is 0 Å². The van der Waals surface area contributed by atoms with Gasteiger partial charge in [0, 0.05) is 29.1 Å². The molecule has 3 heteroatoms. The predicted molar refractivity (Wildman–Crippen MR) is 76.7 cm³/mol. The minimum Gasteiger partial charge on any atom is -0.618 e. The van der Waals surface area contributed by atoms with Crippen LogP contribution in [0.15, 0.2) is 54.7 Å². The molecule has 2 heterocycles. The van der Waals surface area contributed by atoms with Gasteiger partial charge in [-0.2, -0.15) is 4.73 Å². The molecule has 0 saturated heterocycles. The van der Waals surface area contributed by atoms with Crippen molar-refractivity contribution < 1.29 is 4.73 Å². The smallest absolute Gasteiger partial charge is 0.240 e. The number of rotatable bonds is 2. The maximum Gasteiger partial charge on any atom is 0.240 e. The highest BCUT2D eigenvalue weighted by atomic mass is 16.5. The quantitative estimate of drug-likeness (QED) is 0.507. The summed E-state index contributed by atoms with van der Waals surface area (Å²) in [6.45, 7) is 4.27. The summed E-state index contributed by atoms with van der Waals surface area (Å²) in [5.74, 6) is 0. The number of hydrogen-bond donors (Lipinski definition) is 0. The standard InChI is InChI=1S/C16H16N2O/c1-12(2)18-14-8-4-3-7-13(14)11-16(18)15-9-5-6-10-17(15)19/h3-12H,1-2H3. The highest BCUT2D eigenvalue weighted by Gasteiger charge is 2.17. The van der Waals surface area contributed by atoms with Crippen LogP contribution in [0.4, 0.5) is 0 Å². The molecule has 96 valence electrons. The van der Waals surface area contributed by atoms with Gasteiger partial charge < -0.3 is 9.77 Å². The largest absolute Gasteiger partial charge is 0.618 e. The number of aromatic nitrogens is 2. The van der Waals surface area contributed by atoms with Crippen molar-refractivity contribution in [2.24, 2.45) is 0 Å². The zero-order valence-electron chi connectivity index (χ0n) is 11.1. The summed E-state index contributed by atoms with van der Waals surface area (Å²) >= 11 is 0. The third-order valence-electron chi connectivity index (χ3n) is 3.35. The monoisotopic (exact) mass is 252 g/mol. The third-order valence-corrected chi connectivity index (χ3v) is 3.35. The van der Waals surface area contributed by atoms with Gasteiger partial charge in [-0.05, 0) is 32.0 Å². The van der Waals surface area contributed by atoms with Gasteiger partial charge in [-0.3, -0.25) is 0 Å². The van der Waals surface area contributed by atoms with Crippen molar-refractivity contribution in [1.29, 1.82) is 0 Å². The van der Waals surface area contributed by atoms with E-state index in [0.29, 0.717) is 11.7 Å². The molecule has 0 amide bonds. The first-order chi connectivity index (χ1) is 9.18. The van der Waals surface area contributed by atoms with Crippen LogP contribution in [0, 0.1) is 5.21 Å². The van der Waals surface area contributed by atoms with Gasteiger partial charge in [0.15, 0.2) is 6.20 Å². The molecule has 1 aromatic carbocycles. The fourth-order valence-corrected chi connectivity index (χ4v) is 2.56. The zero-order chi connectivity index (χ0) is 13.4. The molecule has 3 aromatic rings. The maximum atomic E-state index is 12.0. The summed E-state index contributed by atoms with van der Waals surface area (Å²) in [5.41, 5.74) is 2.82. The molecule has 0 fully saturated rings. The molecule has 0 radical (unpaired) electrons. The molecule has 0 atom stereocenters. The summed E-state index contributed by atoms with van der Waals surface area (Å²) in [4.78, 5) is 0. The van der Waals surface area contributed by atoms with Crippen LogP contribution in [0.3, 0.4) is 0 Å². The van der Waals surface area contributed by atoms with Gasteiger partial charge in [0.25, 0.3) is 0 Å². The van der Waals surface area contributed by atoms with Gasteiger partial charge in [-0.1, -0.05) is 18.2 Å². The number of pyridine rings is 1. The van der Waals surface area contributed by atoms with Crippen molar-refractivity contribution in [1.82, 2.24) is 4.57 Å². The molecule has 0 aliphatic rings. The third kappa shape index (κ3) is 1.87. The molecule has 0 spiro atoms. The molecule has 19 heavy (non-hydrogen) atoms. The molecule has 3 rings (SSSR count). The molecular formula is C16H16N2O. The van der Waals surface area contributed by atoms with Crippen molar-refractivity contribution in [3.63, 3.8) is 0 Å². The Bertz CT molecular complexity index is 728. The van der Waals surface area contributed by atoms with Gasteiger partial charge >= 0.3 is 0 Å². The van der Waals surface area contributed by atoms with Gasteiger partial charge in [0.2, 0.25) is 5.69 Å². The molecule has 3 nitrogen and oxygen atoms in total. The number of para-hydroxylation sites is 1. The van der Waals surface area contributed by atoms with Crippen molar-refractivity contribution in [3.8, 4) is 11.4 Å². The van der Waals surface area contributed by atoms with E-state index in [1.54, 1.807) is 6.07 Å². The molecule has 0 bridgehead atoms. The highest BCUT2D eigenvalue weighted by Crippen LogP contribution is 2.29. The SMILES string of the molecule is CC(C)n1c(-c2cccc[n+]2[O-])cc2ccccc21. The summed E-state index contributed by atoms with van der Waals surface area (Å²) in [6.07, 6.45) is 1.54. The Hall–Kier alpha value is -2.29. The Morgan fingerprint density at radius 2 is 1.79 bits per heavy atom. The lowest BCUT2D eigenvalue weighted by molar-refractivity contribution is -0.593. The van der Waals surface area contributed by atoms with Gasteiger partial charge in [0.1, 0.15) is 5.69 Å². The second kappa shape index (κ2) is 4.43. The van der Waals surface area contributed by atoms with E-state index >= 15 is 0 Å². The second-order valence-electron chi connectivity index (χ2n) is 4.96. The minimum atomic E-state index is 0.301. The summed E-state index contributed by atoms with van der Waals surface area (Å²) in [5, 5.41) is 13.1. The number of fused-ring (bicyclic) bond motifs is 1. The van der Waals surface area contributed by atoms with E-state index in [0.717, 1.165) is 21.3 Å². The molecule has 0 N–H and O–H groups in total. The van der Waals surface area contributed by atoms with Crippen LogP contribution < -0.4 is 4.73 Å². The molecule has 0 aliphatic carbocycles. The lowest BCUT2D eigenvalue weighted by Crippen LogP contribution is -2.28. The van der Waals surface area contributed by atoms with Crippen LogP contribution >= 0.6 is 0 Å². The molecule has 2 aromatic heterocycles. The fraction of sp³-hybridized carbons (Fsp3) is 0.188. The van der Waals surface area contributed by atoms with Crippen LogP contribution in [-0.2, 0) is 0 Å². The normalized spacial score (nSPS) is 11.3. The second-order valence-corrected chi connectivity index (χ2v) is 4.96. The van der Waals surface area contributed by atoms with E-state index in [2.05, 4.69) is 36.6 Å². The van der Waals surface area contributed by atoms with Gasteiger partial charge in [0.05, 0.1) is 0 Å². The Labute approximate surface area is 112 Å². The summed E-state index contributed by atoms with van der Waals surface area (Å²) in [6, 6.07) is 16.1. The zero-order valence-corrected chi connectivity index (χ0v) is 11.1. The van der Waals surface area contributed by atoms with Crippen LogP contribution in [0.1, 0.15) is 19.9 Å². The molecular weight excluding hydrogens is 236 g/mol. The van der Waals surface area contributed by atoms with Crippen molar-refractivity contribution in [2.75, 3.05) is 0 Å². The van der Waals surface area contributed by atoms with E-state index in [9.17, 15) is 5.21 Å². The molecule has 0 unspecified atom stereocenters. The van der Waals surface area contributed by atoms with E-state index < -0.39 is 0 Å². The highest BCUT2D eigenvalue weighted by molar-refractivity contribution is 5.86. The molecule has 0 saturated carbocycles. The van der Waals surface area contributed by atoms with E-state index in [1.807, 2.05) is 24.3 Å². The number of benzene rings is 1. The lowest BCUT2D eigenvalue weighted by Gasteiger charge is -2.14. The predicted octanol–water partition coefficient (Wildman–Crippen LogP) is 3.52. The number of nitrogens with zero attached hydrogens (tertiary/aromatic N) is 2. The van der Waals surface area contributed by atoms with Gasteiger partial charge in [-0.15, -0.1) is 0 Å². The van der Waals surface area contributed by atoms with Crippen LogP contribution in [0.25, 0.3) is 22.3 Å². The van der Waals surface area contributed by atoms with E-state index in [4.69, 9.17) is 0 Å². The van der Waals surface area contributed by atoms with Crippen LogP contribution in [0.2, 0.25) is 0 Å². The average Bonchev–Trinajstić information content (AvgIpc) is 2.78. The lowest BCUT2D eigenvalue weighted by atomic mass is 10.2.